The molecule has 0 saturated carbocycles. The molecule has 1 unspecified atom stereocenters. The summed E-state index contributed by atoms with van der Waals surface area (Å²) in [5.41, 5.74) is 0.604. The molecule has 0 spiro atoms. The van der Waals surface area contributed by atoms with Crippen molar-refractivity contribution in [3.8, 4) is 0 Å². The van der Waals surface area contributed by atoms with Crippen molar-refractivity contribution in [3.63, 3.8) is 0 Å². The van der Waals surface area contributed by atoms with Crippen molar-refractivity contribution in [2.24, 2.45) is 5.14 Å². The Morgan fingerprint density at radius 2 is 2.11 bits per heavy atom. The summed E-state index contributed by atoms with van der Waals surface area (Å²) >= 11 is 6.03. The van der Waals surface area contributed by atoms with Crippen molar-refractivity contribution in [1.82, 2.24) is 0 Å². The molecule has 4 nitrogen and oxygen atoms in total. The third-order valence-corrected chi connectivity index (χ3v) is 3.90. The molecule has 102 valence electrons. The molecule has 0 fully saturated rings. The number of benzene rings is 1. The number of halogens is 1. The maximum Gasteiger partial charge on any atom is 0.238 e. The second kappa shape index (κ2) is 6.41. The molecule has 6 heteroatoms. The van der Waals surface area contributed by atoms with E-state index in [1.54, 1.807) is 0 Å². The van der Waals surface area contributed by atoms with E-state index in [9.17, 15) is 8.42 Å². The lowest BCUT2D eigenvalue weighted by Crippen LogP contribution is -2.17. The zero-order valence-corrected chi connectivity index (χ0v) is 12.2. The van der Waals surface area contributed by atoms with Gasteiger partial charge in [0.1, 0.15) is 0 Å². The Bertz CT molecular complexity index is 503. The van der Waals surface area contributed by atoms with Crippen LogP contribution in [0.3, 0.4) is 0 Å². The molecule has 1 atom stereocenters. The van der Waals surface area contributed by atoms with Gasteiger partial charge >= 0.3 is 0 Å². The van der Waals surface area contributed by atoms with E-state index in [0.29, 0.717) is 10.7 Å². The van der Waals surface area contributed by atoms with E-state index in [0.717, 1.165) is 19.3 Å². The van der Waals surface area contributed by atoms with Crippen LogP contribution in [-0.2, 0) is 10.0 Å². The number of nitrogens with two attached hydrogens (primary N) is 1. The van der Waals surface area contributed by atoms with Crippen LogP contribution in [0.1, 0.15) is 33.1 Å². The van der Waals surface area contributed by atoms with Crippen molar-refractivity contribution >= 4 is 27.3 Å². The molecule has 0 aliphatic rings. The largest absolute Gasteiger partial charge is 0.381 e. The molecule has 0 radical (unpaired) electrons. The predicted octanol–water partition coefficient (Wildman–Crippen LogP) is 2.98. The Hall–Kier alpha value is -0.780. The lowest BCUT2D eigenvalue weighted by molar-refractivity contribution is 0.597. The summed E-state index contributed by atoms with van der Waals surface area (Å²) in [4.78, 5) is 0.0668. The molecule has 18 heavy (non-hydrogen) atoms. The second-order valence-electron chi connectivity index (χ2n) is 4.37. The Morgan fingerprint density at radius 3 is 2.67 bits per heavy atom. The Morgan fingerprint density at radius 1 is 1.44 bits per heavy atom. The number of hydrogen-bond donors (Lipinski definition) is 2. The van der Waals surface area contributed by atoms with Crippen molar-refractivity contribution in [1.29, 1.82) is 0 Å². The third-order valence-electron chi connectivity index (χ3n) is 2.66. The lowest BCUT2D eigenvalue weighted by atomic mass is 10.1. The molecule has 3 N–H and O–H groups in total. The molecule has 1 aromatic carbocycles. The highest BCUT2D eigenvalue weighted by Crippen LogP contribution is 2.26. The van der Waals surface area contributed by atoms with Gasteiger partial charge in [-0.15, -0.1) is 0 Å². The van der Waals surface area contributed by atoms with Gasteiger partial charge in [-0.1, -0.05) is 31.4 Å². The van der Waals surface area contributed by atoms with E-state index in [1.165, 1.54) is 18.2 Å². The maximum atomic E-state index is 11.3. The number of hydrogen-bond acceptors (Lipinski definition) is 3. The fourth-order valence-electron chi connectivity index (χ4n) is 1.64. The first-order valence-electron chi connectivity index (χ1n) is 5.93. The molecular formula is C12H19ClN2O2S. The average molecular weight is 291 g/mol. The first-order valence-corrected chi connectivity index (χ1v) is 7.86. The molecule has 1 rings (SSSR count). The first kappa shape index (κ1) is 15.3. The van der Waals surface area contributed by atoms with Gasteiger partial charge in [-0.05, 0) is 31.5 Å². The highest BCUT2D eigenvalue weighted by molar-refractivity contribution is 7.89. The first-order chi connectivity index (χ1) is 8.34. The summed E-state index contributed by atoms with van der Waals surface area (Å²) in [6.07, 6.45) is 3.24. The number of anilines is 1. The van der Waals surface area contributed by atoms with E-state index in [1.807, 2.05) is 6.92 Å². The predicted molar refractivity (Wildman–Crippen MR) is 75.4 cm³/mol. The molecule has 0 heterocycles. The maximum absolute atomic E-state index is 11.3. The molecular weight excluding hydrogens is 272 g/mol. The SMILES string of the molecule is CCCCC(C)Nc1cc(S(N)(=O)=O)ccc1Cl. The highest BCUT2D eigenvalue weighted by atomic mass is 35.5. The van der Waals surface area contributed by atoms with Crippen LogP contribution >= 0.6 is 11.6 Å². The Balaban J connectivity index is 2.88. The summed E-state index contributed by atoms with van der Waals surface area (Å²) in [7, 11) is -3.69. The monoisotopic (exact) mass is 290 g/mol. The third kappa shape index (κ3) is 4.48. The van der Waals surface area contributed by atoms with Crippen molar-refractivity contribution in [2.45, 2.75) is 44.0 Å². The minimum absolute atomic E-state index is 0.0668. The van der Waals surface area contributed by atoms with Gasteiger partial charge in [0.25, 0.3) is 0 Å². The summed E-state index contributed by atoms with van der Waals surface area (Å²) in [5.74, 6) is 0. The number of primary sulfonamides is 1. The van der Waals surface area contributed by atoms with E-state index >= 15 is 0 Å². The minimum atomic E-state index is -3.69. The number of unbranched alkanes of at least 4 members (excludes halogenated alkanes) is 1. The van der Waals surface area contributed by atoms with Gasteiger partial charge in [-0.3, -0.25) is 0 Å². The van der Waals surface area contributed by atoms with Gasteiger partial charge in [0.15, 0.2) is 0 Å². The minimum Gasteiger partial charge on any atom is -0.381 e. The number of rotatable bonds is 6. The van der Waals surface area contributed by atoms with Crippen LogP contribution in [-0.4, -0.2) is 14.5 Å². The van der Waals surface area contributed by atoms with Crippen molar-refractivity contribution in [3.05, 3.63) is 23.2 Å². The number of sulfonamides is 1. The summed E-state index contributed by atoms with van der Waals surface area (Å²) in [6.45, 7) is 4.16. The van der Waals surface area contributed by atoms with E-state index in [2.05, 4.69) is 12.2 Å². The van der Waals surface area contributed by atoms with Crippen molar-refractivity contribution in [2.75, 3.05) is 5.32 Å². The van der Waals surface area contributed by atoms with Crippen LogP contribution in [0, 0.1) is 0 Å². The van der Waals surface area contributed by atoms with Crippen molar-refractivity contribution < 1.29 is 8.42 Å². The van der Waals surface area contributed by atoms with Crippen LogP contribution in [0.2, 0.25) is 5.02 Å². The van der Waals surface area contributed by atoms with Gasteiger partial charge in [-0.2, -0.15) is 0 Å². The molecule has 0 aromatic heterocycles. The standard InChI is InChI=1S/C12H19ClN2O2S/c1-3-4-5-9(2)15-12-8-10(18(14,16)17)6-7-11(12)13/h6-9,15H,3-5H2,1-2H3,(H2,14,16,17). The fourth-order valence-corrected chi connectivity index (χ4v) is 2.35. The summed E-state index contributed by atoms with van der Waals surface area (Å²) in [5, 5.41) is 8.79. The zero-order valence-electron chi connectivity index (χ0n) is 10.6. The Kier molecular flexibility index (Phi) is 5.44. The van der Waals surface area contributed by atoms with Gasteiger partial charge in [0.2, 0.25) is 10.0 Å². The second-order valence-corrected chi connectivity index (χ2v) is 6.34. The molecule has 0 amide bonds. The molecule has 0 saturated heterocycles. The number of nitrogens with one attached hydrogen (secondary N) is 1. The molecule has 0 aliphatic carbocycles. The van der Waals surface area contributed by atoms with Gasteiger partial charge in [0.05, 0.1) is 15.6 Å². The Labute approximate surface area is 114 Å². The van der Waals surface area contributed by atoms with E-state index in [-0.39, 0.29) is 10.9 Å². The summed E-state index contributed by atoms with van der Waals surface area (Å²) in [6, 6.07) is 4.65. The average Bonchev–Trinajstić information content (AvgIpc) is 2.28. The normalized spacial score (nSPS) is 13.3. The molecule has 0 aliphatic heterocycles. The van der Waals surface area contributed by atoms with E-state index < -0.39 is 10.0 Å². The zero-order chi connectivity index (χ0) is 13.8. The van der Waals surface area contributed by atoms with Crippen LogP contribution in [0.15, 0.2) is 23.1 Å². The topological polar surface area (TPSA) is 72.2 Å². The summed E-state index contributed by atoms with van der Waals surface area (Å²) < 4.78 is 22.5. The van der Waals surface area contributed by atoms with Gasteiger partial charge in [0, 0.05) is 6.04 Å². The van der Waals surface area contributed by atoms with Gasteiger partial charge < -0.3 is 5.32 Å². The van der Waals surface area contributed by atoms with E-state index in [4.69, 9.17) is 16.7 Å². The molecule has 0 bridgehead atoms. The fraction of sp³-hybridized carbons (Fsp3) is 0.500. The quantitative estimate of drug-likeness (QED) is 0.846. The van der Waals surface area contributed by atoms with Crippen LogP contribution in [0.25, 0.3) is 0 Å². The smallest absolute Gasteiger partial charge is 0.238 e. The van der Waals surface area contributed by atoms with Crippen LogP contribution in [0.5, 0.6) is 0 Å². The highest BCUT2D eigenvalue weighted by Gasteiger charge is 2.12. The van der Waals surface area contributed by atoms with Crippen LogP contribution in [0.4, 0.5) is 5.69 Å². The van der Waals surface area contributed by atoms with Crippen LogP contribution < -0.4 is 10.5 Å². The van der Waals surface area contributed by atoms with Gasteiger partial charge in [-0.25, -0.2) is 13.6 Å². The molecule has 1 aromatic rings. The lowest BCUT2D eigenvalue weighted by Gasteiger charge is -2.16.